The molecule has 0 saturated heterocycles. The highest BCUT2D eigenvalue weighted by molar-refractivity contribution is 5.96. The monoisotopic (exact) mass is 327 g/mol. The van der Waals surface area contributed by atoms with Gasteiger partial charge in [0.15, 0.2) is 0 Å². The van der Waals surface area contributed by atoms with Crippen LogP contribution >= 0.6 is 0 Å². The van der Waals surface area contributed by atoms with E-state index in [-0.39, 0.29) is 18.0 Å². The average Bonchev–Trinajstić information content (AvgIpc) is 3.02. The summed E-state index contributed by atoms with van der Waals surface area (Å²) in [6.45, 7) is 6.86. The third-order valence-electron chi connectivity index (χ3n) is 4.58. The van der Waals surface area contributed by atoms with Crippen LogP contribution in [-0.4, -0.2) is 28.3 Å². The van der Waals surface area contributed by atoms with Gasteiger partial charge in [0, 0.05) is 30.0 Å². The van der Waals surface area contributed by atoms with E-state index >= 15 is 0 Å². The van der Waals surface area contributed by atoms with Gasteiger partial charge in [0.05, 0.1) is 6.20 Å². The van der Waals surface area contributed by atoms with Crippen molar-refractivity contribution in [2.45, 2.75) is 45.7 Å². The van der Waals surface area contributed by atoms with Crippen molar-refractivity contribution in [1.82, 2.24) is 9.78 Å². The second kappa shape index (κ2) is 6.55. The number of benzene rings is 1. The van der Waals surface area contributed by atoms with Crippen LogP contribution in [0.5, 0.6) is 0 Å². The normalized spacial score (nSPS) is 15.2. The van der Waals surface area contributed by atoms with Crippen molar-refractivity contribution >= 4 is 23.1 Å². The van der Waals surface area contributed by atoms with Crippen molar-refractivity contribution < 1.29 is 4.79 Å². The maximum Gasteiger partial charge on any atom is 0.247 e. The molecule has 1 aliphatic rings. The molecule has 3 rings (SSSR count). The molecule has 1 amide bonds. The molecular weight excluding hydrogens is 302 g/mol. The molecule has 1 unspecified atom stereocenters. The maximum atomic E-state index is 12.8. The molecule has 6 nitrogen and oxygen atoms in total. The Morgan fingerprint density at radius 3 is 2.83 bits per heavy atom. The predicted octanol–water partition coefficient (Wildman–Crippen LogP) is 2.83. The minimum absolute atomic E-state index is 0.0346. The van der Waals surface area contributed by atoms with Gasteiger partial charge in [-0.2, -0.15) is 5.10 Å². The lowest BCUT2D eigenvalue weighted by Crippen LogP contribution is -2.45. The standard InChI is InChI=1S/C18H25N5O/c1-12(2)23-17(9-10-20-23)21-18(24)13(3)22-11-5-6-14-15(19)7-4-8-16(14)22/h4,7-10,12-13H,5-6,11,19H2,1-3H3,(H,21,24). The first-order valence-electron chi connectivity index (χ1n) is 8.47. The largest absolute Gasteiger partial charge is 0.398 e. The molecule has 0 aliphatic carbocycles. The van der Waals surface area contributed by atoms with Crippen LogP contribution < -0.4 is 16.0 Å². The summed E-state index contributed by atoms with van der Waals surface area (Å²) in [5.74, 6) is 0.694. The van der Waals surface area contributed by atoms with Crippen LogP contribution in [0.3, 0.4) is 0 Å². The molecule has 1 aliphatic heterocycles. The first-order chi connectivity index (χ1) is 11.5. The number of amides is 1. The average molecular weight is 327 g/mol. The first-order valence-corrected chi connectivity index (χ1v) is 8.47. The van der Waals surface area contributed by atoms with Crippen LogP contribution in [0.15, 0.2) is 30.5 Å². The maximum absolute atomic E-state index is 12.8. The number of anilines is 3. The van der Waals surface area contributed by atoms with Crippen molar-refractivity contribution in [3.05, 3.63) is 36.0 Å². The van der Waals surface area contributed by atoms with Crippen molar-refractivity contribution in [2.24, 2.45) is 0 Å². The Labute approximate surface area is 142 Å². The molecule has 2 heterocycles. The Bertz CT molecular complexity index is 737. The van der Waals surface area contributed by atoms with Crippen LogP contribution in [0, 0.1) is 0 Å². The number of aromatic nitrogens is 2. The second-order valence-electron chi connectivity index (χ2n) is 6.56. The number of nitrogen functional groups attached to an aromatic ring is 1. The van der Waals surface area contributed by atoms with E-state index in [4.69, 9.17) is 5.73 Å². The van der Waals surface area contributed by atoms with Crippen LogP contribution in [0.1, 0.15) is 38.8 Å². The lowest BCUT2D eigenvalue weighted by molar-refractivity contribution is -0.117. The van der Waals surface area contributed by atoms with Crippen molar-refractivity contribution in [3.8, 4) is 0 Å². The van der Waals surface area contributed by atoms with Gasteiger partial charge >= 0.3 is 0 Å². The number of hydrogen-bond donors (Lipinski definition) is 2. The Morgan fingerprint density at radius 2 is 2.08 bits per heavy atom. The summed E-state index contributed by atoms with van der Waals surface area (Å²) in [6, 6.07) is 7.67. The summed E-state index contributed by atoms with van der Waals surface area (Å²) in [5, 5.41) is 7.26. The summed E-state index contributed by atoms with van der Waals surface area (Å²) < 4.78 is 1.81. The molecule has 3 N–H and O–H groups in total. The summed E-state index contributed by atoms with van der Waals surface area (Å²) in [7, 11) is 0. The molecule has 1 aromatic heterocycles. The Hall–Kier alpha value is -2.50. The highest BCUT2D eigenvalue weighted by Gasteiger charge is 2.27. The lowest BCUT2D eigenvalue weighted by Gasteiger charge is -2.36. The molecule has 0 radical (unpaired) electrons. The number of hydrogen-bond acceptors (Lipinski definition) is 4. The van der Waals surface area contributed by atoms with Crippen molar-refractivity contribution in [2.75, 3.05) is 22.5 Å². The highest BCUT2D eigenvalue weighted by Crippen LogP contribution is 2.32. The topological polar surface area (TPSA) is 76.2 Å². The van der Waals surface area contributed by atoms with Gasteiger partial charge in [-0.05, 0) is 51.3 Å². The molecule has 1 aromatic carbocycles. The molecular formula is C18H25N5O. The van der Waals surface area contributed by atoms with Crippen LogP contribution in [0.4, 0.5) is 17.2 Å². The van der Waals surface area contributed by atoms with Crippen molar-refractivity contribution in [1.29, 1.82) is 0 Å². The van der Waals surface area contributed by atoms with E-state index < -0.39 is 0 Å². The molecule has 1 atom stereocenters. The fraction of sp³-hybridized carbons (Fsp3) is 0.444. The molecule has 0 bridgehead atoms. The third-order valence-corrected chi connectivity index (χ3v) is 4.58. The minimum atomic E-state index is -0.277. The fourth-order valence-electron chi connectivity index (χ4n) is 3.28. The van der Waals surface area contributed by atoms with Gasteiger partial charge in [-0.15, -0.1) is 0 Å². The zero-order chi connectivity index (χ0) is 17.3. The number of fused-ring (bicyclic) bond motifs is 1. The zero-order valence-electron chi connectivity index (χ0n) is 14.5. The highest BCUT2D eigenvalue weighted by atomic mass is 16.2. The Morgan fingerprint density at radius 1 is 1.29 bits per heavy atom. The van der Waals surface area contributed by atoms with E-state index in [0.29, 0.717) is 0 Å². The molecule has 0 saturated carbocycles. The summed E-state index contributed by atoms with van der Waals surface area (Å²) in [5.41, 5.74) is 9.13. The van der Waals surface area contributed by atoms with E-state index in [2.05, 4.69) is 15.3 Å². The Kier molecular flexibility index (Phi) is 4.46. The van der Waals surface area contributed by atoms with E-state index in [9.17, 15) is 4.79 Å². The third kappa shape index (κ3) is 2.96. The second-order valence-corrected chi connectivity index (χ2v) is 6.56. The SMILES string of the molecule is CC(C(=O)Nc1ccnn1C(C)C)N1CCCc2c(N)cccc21. The molecule has 6 heteroatoms. The van der Waals surface area contributed by atoms with Gasteiger partial charge in [0.25, 0.3) is 0 Å². The van der Waals surface area contributed by atoms with Gasteiger partial charge in [0.1, 0.15) is 11.9 Å². The molecule has 24 heavy (non-hydrogen) atoms. The number of carbonyl (C=O) groups is 1. The van der Waals surface area contributed by atoms with Gasteiger partial charge < -0.3 is 16.0 Å². The Balaban J connectivity index is 1.80. The minimum Gasteiger partial charge on any atom is -0.398 e. The molecule has 0 spiro atoms. The van der Waals surface area contributed by atoms with Gasteiger partial charge in [-0.3, -0.25) is 4.79 Å². The predicted molar refractivity (Wildman–Crippen MR) is 97.2 cm³/mol. The van der Waals surface area contributed by atoms with E-state index in [1.165, 1.54) is 0 Å². The zero-order valence-corrected chi connectivity index (χ0v) is 14.5. The number of carbonyl (C=O) groups excluding carboxylic acids is 1. The smallest absolute Gasteiger partial charge is 0.247 e. The number of nitrogens with one attached hydrogen (secondary N) is 1. The van der Waals surface area contributed by atoms with E-state index in [0.717, 1.165) is 42.1 Å². The fourth-order valence-corrected chi connectivity index (χ4v) is 3.28. The van der Waals surface area contributed by atoms with E-state index in [1.807, 2.05) is 49.7 Å². The number of nitrogens with two attached hydrogens (primary N) is 1. The molecule has 0 fully saturated rings. The summed E-state index contributed by atoms with van der Waals surface area (Å²) in [4.78, 5) is 14.9. The lowest BCUT2D eigenvalue weighted by atomic mass is 9.98. The van der Waals surface area contributed by atoms with Gasteiger partial charge in [-0.25, -0.2) is 4.68 Å². The number of rotatable bonds is 4. The molecule has 128 valence electrons. The summed E-state index contributed by atoms with van der Waals surface area (Å²) in [6.07, 6.45) is 3.67. The van der Waals surface area contributed by atoms with E-state index in [1.54, 1.807) is 6.20 Å². The quantitative estimate of drug-likeness (QED) is 0.847. The van der Waals surface area contributed by atoms with Gasteiger partial charge in [-0.1, -0.05) is 6.07 Å². The molecule has 2 aromatic rings. The summed E-state index contributed by atoms with van der Waals surface area (Å²) >= 11 is 0. The van der Waals surface area contributed by atoms with Crippen LogP contribution in [0.2, 0.25) is 0 Å². The van der Waals surface area contributed by atoms with Crippen LogP contribution in [0.25, 0.3) is 0 Å². The van der Waals surface area contributed by atoms with Crippen LogP contribution in [-0.2, 0) is 11.2 Å². The first kappa shape index (κ1) is 16.4. The van der Waals surface area contributed by atoms with Crippen molar-refractivity contribution in [3.63, 3.8) is 0 Å². The van der Waals surface area contributed by atoms with Gasteiger partial charge in [0.2, 0.25) is 5.91 Å². The number of nitrogens with zero attached hydrogens (tertiary/aromatic N) is 3.